The van der Waals surface area contributed by atoms with Gasteiger partial charge in [0.15, 0.2) is 0 Å². The molecule has 0 saturated carbocycles. The van der Waals surface area contributed by atoms with E-state index in [1.165, 1.54) is 7.11 Å². The lowest BCUT2D eigenvalue weighted by molar-refractivity contribution is -0.118. The molecule has 3 rings (SSSR count). The maximum Gasteiger partial charge on any atom is 0.339 e. The summed E-state index contributed by atoms with van der Waals surface area (Å²) in [5.41, 5.74) is 2.29. The molecule has 2 N–H and O–H groups in total. The Bertz CT molecular complexity index is 919. The summed E-state index contributed by atoms with van der Waals surface area (Å²) in [5, 5.41) is 14.2. The molecule has 148 valence electrons. The molecule has 2 aromatic carbocycles. The van der Waals surface area contributed by atoms with Gasteiger partial charge < -0.3 is 15.2 Å². The van der Waals surface area contributed by atoms with Crippen molar-refractivity contribution in [3.63, 3.8) is 0 Å². The number of nitrogens with one attached hydrogen (secondary N) is 1. The van der Waals surface area contributed by atoms with Crippen molar-refractivity contribution in [2.24, 2.45) is 0 Å². The van der Waals surface area contributed by atoms with Gasteiger partial charge in [-0.1, -0.05) is 35.3 Å². The third kappa shape index (κ3) is 4.15. The van der Waals surface area contributed by atoms with Crippen LogP contribution in [0.2, 0.25) is 10.0 Å². The number of ether oxygens (including phenoxy) is 1. The van der Waals surface area contributed by atoms with Gasteiger partial charge in [0.1, 0.15) is 0 Å². The van der Waals surface area contributed by atoms with Crippen molar-refractivity contribution in [3.8, 4) is 0 Å². The Morgan fingerprint density at radius 1 is 1.29 bits per heavy atom. The van der Waals surface area contributed by atoms with Gasteiger partial charge in [-0.2, -0.15) is 0 Å². The fraction of sp³-hybridized carbons (Fsp3) is 0.300. The number of halogens is 2. The molecule has 0 fully saturated rings. The van der Waals surface area contributed by atoms with E-state index < -0.39 is 18.1 Å². The molecule has 8 heteroatoms. The largest absolute Gasteiger partial charge is 0.465 e. The predicted octanol–water partition coefficient (Wildman–Crippen LogP) is 3.31. The van der Waals surface area contributed by atoms with Crippen LogP contribution in [0.1, 0.15) is 27.5 Å². The highest BCUT2D eigenvalue weighted by Gasteiger charge is 2.36. The number of aliphatic hydroxyl groups excluding tert-OH is 1. The van der Waals surface area contributed by atoms with Crippen molar-refractivity contribution in [2.75, 3.05) is 26.0 Å². The second-order valence-corrected chi connectivity index (χ2v) is 7.52. The molecule has 0 radical (unpaired) electrons. The number of nitrogens with zero attached hydrogens (tertiary/aromatic N) is 1. The van der Waals surface area contributed by atoms with Crippen LogP contribution >= 0.6 is 23.2 Å². The number of benzene rings is 2. The Morgan fingerprint density at radius 3 is 2.71 bits per heavy atom. The van der Waals surface area contributed by atoms with Crippen LogP contribution in [0.5, 0.6) is 0 Å². The van der Waals surface area contributed by atoms with Crippen LogP contribution in [-0.4, -0.2) is 48.7 Å². The number of esters is 1. The number of para-hydroxylation sites is 1. The lowest BCUT2D eigenvalue weighted by Crippen LogP contribution is -2.37. The standard InChI is InChI=1S/C20H20Cl2N2O4/c1-24(19-14-7-11(21)8-15(22)13(14)9-17(19)25)10-18(26)23-16-6-4-3-5-12(16)20(27)28-2/h3-8,17,19,25H,9-10H2,1-2H3,(H,23,26). The highest BCUT2D eigenvalue weighted by molar-refractivity contribution is 6.35. The lowest BCUT2D eigenvalue weighted by atomic mass is 10.1. The molecule has 6 nitrogen and oxygen atoms in total. The van der Waals surface area contributed by atoms with E-state index in [1.54, 1.807) is 48.3 Å². The summed E-state index contributed by atoms with van der Waals surface area (Å²) in [6.07, 6.45) is -0.307. The van der Waals surface area contributed by atoms with E-state index in [0.29, 0.717) is 22.2 Å². The molecule has 0 heterocycles. The topological polar surface area (TPSA) is 78.9 Å². The number of amides is 1. The first-order valence-electron chi connectivity index (χ1n) is 8.65. The number of methoxy groups -OCH3 is 1. The highest BCUT2D eigenvalue weighted by Crippen LogP contribution is 2.40. The zero-order chi connectivity index (χ0) is 20.4. The Balaban J connectivity index is 1.75. The molecule has 0 aliphatic heterocycles. The summed E-state index contributed by atoms with van der Waals surface area (Å²) in [6.45, 7) is 0.000800. The number of carbonyl (C=O) groups excluding carboxylic acids is 2. The van der Waals surface area contributed by atoms with Gasteiger partial charge in [-0.25, -0.2) is 4.79 Å². The van der Waals surface area contributed by atoms with Gasteiger partial charge in [0.2, 0.25) is 5.91 Å². The first kappa shape index (κ1) is 20.6. The Labute approximate surface area is 173 Å². The molecule has 2 atom stereocenters. The Morgan fingerprint density at radius 2 is 2.00 bits per heavy atom. The van der Waals surface area contributed by atoms with Crippen LogP contribution in [0, 0.1) is 0 Å². The molecule has 0 spiro atoms. The molecular formula is C20H20Cl2N2O4. The van der Waals surface area contributed by atoms with Crippen molar-refractivity contribution < 1.29 is 19.4 Å². The number of aliphatic hydroxyl groups is 1. The summed E-state index contributed by atoms with van der Waals surface area (Å²) in [5.74, 6) is -0.860. The van der Waals surface area contributed by atoms with Crippen molar-refractivity contribution in [2.45, 2.75) is 18.6 Å². The minimum absolute atomic E-state index is 0.000800. The minimum atomic E-state index is -0.703. The summed E-state index contributed by atoms with van der Waals surface area (Å²) in [7, 11) is 3.02. The van der Waals surface area contributed by atoms with E-state index in [2.05, 4.69) is 5.32 Å². The smallest absolute Gasteiger partial charge is 0.339 e. The zero-order valence-corrected chi connectivity index (χ0v) is 16.9. The van der Waals surface area contributed by atoms with Crippen LogP contribution < -0.4 is 5.32 Å². The van der Waals surface area contributed by atoms with E-state index in [9.17, 15) is 14.7 Å². The molecule has 2 aromatic rings. The second kappa shape index (κ2) is 8.49. The van der Waals surface area contributed by atoms with Crippen LogP contribution in [-0.2, 0) is 16.0 Å². The molecule has 1 amide bonds. The molecule has 0 bridgehead atoms. The van der Waals surface area contributed by atoms with Crippen molar-refractivity contribution in [3.05, 3.63) is 63.1 Å². The number of anilines is 1. The quantitative estimate of drug-likeness (QED) is 0.722. The number of hydrogen-bond acceptors (Lipinski definition) is 5. The summed E-state index contributed by atoms with van der Waals surface area (Å²) in [4.78, 5) is 26.1. The summed E-state index contributed by atoms with van der Waals surface area (Å²) >= 11 is 12.4. The first-order chi connectivity index (χ1) is 13.3. The van der Waals surface area contributed by atoms with Gasteiger partial charge in [-0.15, -0.1) is 0 Å². The monoisotopic (exact) mass is 422 g/mol. The minimum Gasteiger partial charge on any atom is -0.465 e. The highest BCUT2D eigenvalue weighted by atomic mass is 35.5. The van der Waals surface area contributed by atoms with E-state index in [4.69, 9.17) is 27.9 Å². The average Bonchev–Trinajstić information content (AvgIpc) is 2.97. The number of carbonyl (C=O) groups is 2. The normalized spacial score (nSPS) is 18.1. The fourth-order valence-electron chi connectivity index (χ4n) is 3.56. The van der Waals surface area contributed by atoms with E-state index in [1.807, 2.05) is 0 Å². The van der Waals surface area contributed by atoms with Crippen LogP contribution in [0.4, 0.5) is 5.69 Å². The second-order valence-electron chi connectivity index (χ2n) is 6.67. The summed E-state index contributed by atoms with van der Waals surface area (Å²) < 4.78 is 4.74. The van der Waals surface area contributed by atoms with Gasteiger partial charge in [-0.3, -0.25) is 9.69 Å². The van der Waals surface area contributed by atoms with Crippen LogP contribution in [0.3, 0.4) is 0 Å². The van der Waals surface area contributed by atoms with E-state index >= 15 is 0 Å². The van der Waals surface area contributed by atoms with Gasteiger partial charge >= 0.3 is 5.97 Å². The van der Waals surface area contributed by atoms with Crippen molar-refractivity contribution >= 4 is 40.8 Å². The number of fused-ring (bicyclic) bond motifs is 1. The summed E-state index contributed by atoms with van der Waals surface area (Å²) in [6, 6.07) is 9.61. The third-order valence-corrected chi connectivity index (χ3v) is 5.32. The number of hydrogen-bond donors (Lipinski definition) is 2. The Hall–Kier alpha value is -2.12. The Kier molecular flexibility index (Phi) is 6.25. The SMILES string of the molecule is COC(=O)c1ccccc1NC(=O)CN(C)C1c2cc(Cl)cc(Cl)c2CC1O. The van der Waals surface area contributed by atoms with Gasteiger partial charge in [-0.05, 0) is 42.4 Å². The lowest BCUT2D eigenvalue weighted by Gasteiger charge is -2.27. The fourth-order valence-corrected chi connectivity index (χ4v) is 4.14. The van der Waals surface area contributed by atoms with Gasteiger partial charge in [0, 0.05) is 16.5 Å². The van der Waals surface area contributed by atoms with Crippen molar-refractivity contribution in [1.29, 1.82) is 0 Å². The number of likely N-dealkylation sites (N-methyl/N-ethyl adjacent to an activating group) is 1. The number of rotatable bonds is 5. The molecule has 1 aliphatic carbocycles. The zero-order valence-electron chi connectivity index (χ0n) is 15.4. The predicted molar refractivity (Wildman–Crippen MR) is 108 cm³/mol. The van der Waals surface area contributed by atoms with Gasteiger partial charge in [0.25, 0.3) is 0 Å². The molecule has 28 heavy (non-hydrogen) atoms. The van der Waals surface area contributed by atoms with Crippen LogP contribution in [0.25, 0.3) is 0 Å². The third-order valence-electron chi connectivity index (χ3n) is 4.77. The van der Waals surface area contributed by atoms with E-state index in [-0.39, 0.29) is 18.0 Å². The van der Waals surface area contributed by atoms with Gasteiger partial charge in [0.05, 0.1) is 37.1 Å². The molecule has 1 aliphatic rings. The maximum atomic E-state index is 12.6. The molecule has 2 unspecified atom stereocenters. The van der Waals surface area contributed by atoms with E-state index in [0.717, 1.165) is 11.1 Å². The molecule has 0 aromatic heterocycles. The maximum absolute atomic E-state index is 12.6. The first-order valence-corrected chi connectivity index (χ1v) is 9.40. The van der Waals surface area contributed by atoms with Crippen LogP contribution in [0.15, 0.2) is 36.4 Å². The average molecular weight is 423 g/mol. The molecular weight excluding hydrogens is 403 g/mol. The molecule has 0 saturated heterocycles. The van der Waals surface area contributed by atoms with Crippen molar-refractivity contribution in [1.82, 2.24) is 4.90 Å².